The second-order valence-electron chi connectivity index (χ2n) is 3.50. The second-order valence-corrected chi connectivity index (χ2v) is 4.79. The van der Waals surface area contributed by atoms with Gasteiger partial charge in [-0.15, -0.1) is 11.8 Å². The molecule has 0 unspecified atom stereocenters. The average Bonchev–Trinajstić information content (AvgIpc) is 2.40. The molecule has 0 fully saturated rings. The van der Waals surface area contributed by atoms with Crippen LogP contribution in [-0.4, -0.2) is 6.26 Å². The largest absolute Gasteiger partial charge is 0.456 e. The molecule has 0 radical (unpaired) electrons. The molecule has 0 aliphatic rings. The van der Waals surface area contributed by atoms with Crippen LogP contribution >= 0.6 is 23.4 Å². The van der Waals surface area contributed by atoms with Crippen LogP contribution in [0.5, 0.6) is 11.5 Å². The molecule has 0 N–H and O–H groups in total. The van der Waals surface area contributed by atoms with E-state index in [9.17, 15) is 0 Å². The molecule has 2 rings (SSSR count). The van der Waals surface area contributed by atoms with Crippen LogP contribution in [0, 0.1) is 11.3 Å². The van der Waals surface area contributed by atoms with E-state index in [0.29, 0.717) is 22.1 Å². The summed E-state index contributed by atoms with van der Waals surface area (Å²) in [7, 11) is 0. The van der Waals surface area contributed by atoms with Gasteiger partial charge in [-0.05, 0) is 42.7 Å². The minimum absolute atomic E-state index is 0.355. The third-order valence-corrected chi connectivity index (χ3v) is 3.43. The van der Waals surface area contributed by atoms with E-state index in [1.165, 1.54) is 0 Å². The summed E-state index contributed by atoms with van der Waals surface area (Å²) in [4.78, 5) is 1.16. The van der Waals surface area contributed by atoms with Crippen LogP contribution in [0.4, 0.5) is 0 Å². The van der Waals surface area contributed by atoms with E-state index < -0.39 is 0 Å². The van der Waals surface area contributed by atoms with Gasteiger partial charge in [-0.3, -0.25) is 0 Å². The van der Waals surface area contributed by atoms with E-state index in [4.69, 9.17) is 21.6 Å². The minimum atomic E-state index is 0.355. The summed E-state index contributed by atoms with van der Waals surface area (Å²) in [5.74, 6) is 1.16. The number of halogens is 1. The fourth-order valence-electron chi connectivity index (χ4n) is 1.47. The van der Waals surface area contributed by atoms with Crippen molar-refractivity contribution in [3.8, 4) is 17.6 Å². The van der Waals surface area contributed by atoms with Gasteiger partial charge in [-0.1, -0.05) is 17.7 Å². The van der Waals surface area contributed by atoms with Crippen LogP contribution in [0.3, 0.4) is 0 Å². The van der Waals surface area contributed by atoms with Gasteiger partial charge in [0.2, 0.25) is 0 Å². The number of nitriles is 1. The third-order valence-electron chi connectivity index (χ3n) is 2.37. The van der Waals surface area contributed by atoms with Gasteiger partial charge in [0.05, 0.1) is 5.02 Å². The van der Waals surface area contributed by atoms with E-state index in [0.717, 1.165) is 4.90 Å². The lowest BCUT2D eigenvalue weighted by Gasteiger charge is -2.08. The minimum Gasteiger partial charge on any atom is -0.456 e. The Labute approximate surface area is 115 Å². The Balaban J connectivity index is 2.28. The maximum atomic E-state index is 9.04. The smallest absolute Gasteiger partial charge is 0.146 e. The van der Waals surface area contributed by atoms with Gasteiger partial charge in [-0.25, -0.2) is 0 Å². The van der Waals surface area contributed by atoms with Crippen molar-refractivity contribution in [3.63, 3.8) is 0 Å². The topological polar surface area (TPSA) is 33.0 Å². The molecular formula is C14H10ClNOS. The average molecular weight is 276 g/mol. The molecule has 18 heavy (non-hydrogen) atoms. The summed E-state index contributed by atoms with van der Waals surface area (Å²) in [6, 6.07) is 14.9. The number of benzene rings is 2. The van der Waals surface area contributed by atoms with Crippen LogP contribution in [-0.2, 0) is 0 Å². The fraction of sp³-hybridized carbons (Fsp3) is 0.0714. The Bertz CT molecular complexity index is 590. The number of ether oxygens (including phenoxy) is 1. The standard InChI is InChI=1S/C14H10ClNOS/c1-18-11-7-5-10(6-8-11)17-14-4-2-3-13(15)12(14)9-16/h2-8H,1H3. The van der Waals surface area contributed by atoms with Crippen LogP contribution in [0.25, 0.3) is 0 Å². The van der Waals surface area contributed by atoms with Gasteiger partial charge >= 0.3 is 0 Å². The Morgan fingerprint density at radius 1 is 1.17 bits per heavy atom. The van der Waals surface area contributed by atoms with Crippen LogP contribution in [0.1, 0.15) is 5.56 Å². The zero-order valence-corrected chi connectivity index (χ0v) is 11.3. The first-order valence-electron chi connectivity index (χ1n) is 5.25. The molecular weight excluding hydrogens is 266 g/mol. The predicted octanol–water partition coefficient (Wildman–Crippen LogP) is 4.73. The molecule has 0 saturated carbocycles. The number of thioether (sulfide) groups is 1. The van der Waals surface area contributed by atoms with E-state index in [1.807, 2.05) is 36.6 Å². The molecule has 2 nitrogen and oxygen atoms in total. The molecule has 0 amide bonds. The van der Waals surface area contributed by atoms with Gasteiger partial charge in [0.15, 0.2) is 0 Å². The van der Waals surface area contributed by atoms with E-state index >= 15 is 0 Å². The Hall–Kier alpha value is -1.63. The second kappa shape index (κ2) is 5.81. The molecule has 0 heterocycles. The number of nitrogens with zero attached hydrogens (tertiary/aromatic N) is 1. The molecule has 90 valence electrons. The SMILES string of the molecule is CSc1ccc(Oc2cccc(Cl)c2C#N)cc1. The summed E-state index contributed by atoms with van der Waals surface area (Å²) in [6.07, 6.45) is 2.01. The van der Waals surface area contributed by atoms with Crippen molar-refractivity contribution in [2.24, 2.45) is 0 Å². The maximum Gasteiger partial charge on any atom is 0.146 e. The molecule has 0 bridgehead atoms. The van der Waals surface area contributed by atoms with E-state index in [-0.39, 0.29) is 0 Å². The summed E-state index contributed by atoms with van der Waals surface area (Å²) in [5.41, 5.74) is 0.355. The molecule has 0 aliphatic heterocycles. The maximum absolute atomic E-state index is 9.04. The van der Waals surface area contributed by atoms with Crippen molar-refractivity contribution >= 4 is 23.4 Å². The number of hydrogen-bond acceptors (Lipinski definition) is 3. The molecule has 2 aromatic rings. The Morgan fingerprint density at radius 2 is 1.89 bits per heavy atom. The molecule has 4 heteroatoms. The lowest BCUT2D eigenvalue weighted by Crippen LogP contribution is -1.88. The Morgan fingerprint density at radius 3 is 2.50 bits per heavy atom. The summed E-state index contributed by atoms with van der Waals surface area (Å²) in [5, 5.41) is 9.44. The van der Waals surface area contributed by atoms with Gasteiger partial charge in [-0.2, -0.15) is 5.26 Å². The van der Waals surface area contributed by atoms with E-state index in [1.54, 1.807) is 30.0 Å². The highest BCUT2D eigenvalue weighted by Gasteiger charge is 2.08. The van der Waals surface area contributed by atoms with Crippen LogP contribution in [0.2, 0.25) is 5.02 Å². The Kier molecular flexibility index (Phi) is 4.14. The number of hydrogen-bond donors (Lipinski definition) is 0. The summed E-state index contributed by atoms with van der Waals surface area (Å²) in [6.45, 7) is 0. The first-order chi connectivity index (χ1) is 8.74. The highest BCUT2D eigenvalue weighted by molar-refractivity contribution is 7.98. The molecule has 0 aromatic heterocycles. The van der Waals surface area contributed by atoms with Crippen molar-refractivity contribution in [1.82, 2.24) is 0 Å². The highest BCUT2D eigenvalue weighted by atomic mass is 35.5. The molecule has 0 saturated heterocycles. The molecule has 0 spiro atoms. The molecule has 0 atom stereocenters. The van der Waals surface area contributed by atoms with Gasteiger partial charge in [0, 0.05) is 4.90 Å². The highest BCUT2D eigenvalue weighted by Crippen LogP contribution is 2.30. The van der Waals surface area contributed by atoms with Crippen molar-refractivity contribution in [2.45, 2.75) is 4.90 Å². The van der Waals surface area contributed by atoms with Crippen LogP contribution < -0.4 is 4.74 Å². The fourth-order valence-corrected chi connectivity index (χ4v) is 2.09. The summed E-state index contributed by atoms with van der Waals surface area (Å²) < 4.78 is 5.66. The van der Waals surface area contributed by atoms with Gasteiger partial charge < -0.3 is 4.74 Å². The molecule has 0 aliphatic carbocycles. The lowest BCUT2D eigenvalue weighted by atomic mass is 10.2. The normalized spacial score (nSPS) is 9.83. The molecule has 2 aromatic carbocycles. The summed E-state index contributed by atoms with van der Waals surface area (Å²) >= 11 is 7.60. The van der Waals surface area contributed by atoms with Crippen molar-refractivity contribution in [1.29, 1.82) is 5.26 Å². The lowest BCUT2D eigenvalue weighted by molar-refractivity contribution is 0.481. The zero-order valence-electron chi connectivity index (χ0n) is 9.68. The van der Waals surface area contributed by atoms with Gasteiger partial charge in [0.1, 0.15) is 23.1 Å². The van der Waals surface area contributed by atoms with Crippen molar-refractivity contribution in [3.05, 3.63) is 53.1 Å². The first kappa shape index (κ1) is 12.8. The zero-order chi connectivity index (χ0) is 13.0. The monoisotopic (exact) mass is 275 g/mol. The number of rotatable bonds is 3. The quantitative estimate of drug-likeness (QED) is 0.760. The predicted molar refractivity (Wildman–Crippen MR) is 74.5 cm³/mol. The van der Waals surface area contributed by atoms with E-state index in [2.05, 4.69) is 0 Å². The van der Waals surface area contributed by atoms with Crippen LogP contribution in [0.15, 0.2) is 47.4 Å². The third kappa shape index (κ3) is 2.79. The van der Waals surface area contributed by atoms with Crippen molar-refractivity contribution < 1.29 is 4.74 Å². The van der Waals surface area contributed by atoms with Crippen molar-refractivity contribution in [2.75, 3.05) is 6.26 Å². The first-order valence-corrected chi connectivity index (χ1v) is 6.85. The van der Waals surface area contributed by atoms with Gasteiger partial charge in [0.25, 0.3) is 0 Å².